The number of benzene rings is 1. The maximum Gasteiger partial charge on any atom is 0.261 e. The summed E-state index contributed by atoms with van der Waals surface area (Å²) in [6, 6.07) is 11.2. The molecule has 6 nitrogen and oxygen atoms in total. The molecular formula is C18H20N4O2. The molecule has 24 heavy (non-hydrogen) atoms. The van der Waals surface area contributed by atoms with Crippen molar-refractivity contribution < 1.29 is 9.90 Å². The standard InChI is InChI=1S/C18H20N4O2/c1-12-7-8-13(2)22(12)18-16(10-19-21(18)3)17(24)20-15-6-4-5-14(9-15)11-23/h4-10,23H,11H2,1-3H3,(H,20,24). The lowest BCUT2D eigenvalue weighted by molar-refractivity contribution is 0.102. The van der Waals surface area contributed by atoms with Crippen LogP contribution in [-0.2, 0) is 13.7 Å². The zero-order chi connectivity index (χ0) is 17.3. The Bertz CT molecular complexity index is 873. The van der Waals surface area contributed by atoms with Gasteiger partial charge in [-0.2, -0.15) is 5.10 Å². The lowest BCUT2D eigenvalue weighted by Crippen LogP contribution is -2.16. The summed E-state index contributed by atoms with van der Waals surface area (Å²) in [6.07, 6.45) is 1.57. The molecule has 6 heteroatoms. The van der Waals surface area contributed by atoms with Gasteiger partial charge in [0.15, 0.2) is 0 Å². The molecule has 0 radical (unpaired) electrons. The summed E-state index contributed by atoms with van der Waals surface area (Å²) in [5.74, 6) is 0.492. The molecule has 3 aromatic rings. The second-order valence-electron chi connectivity index (χ2n) is 5.77. The fraction of sp³-hybridized carbons (Fsp3) is 0.222. The van der Waals surface area contributed by atoms with Crippen molar-refractivity contribution in [1.29, 1.82) is 0 Å². The average molecular weight is 324 g/mol. The molecule has 1 aromatic carbocycles. The Morgan fingerprint density at radius 1 is 1.21 bits per heavy atom. The van der Waals surface area contributed by atoms with Gasteiger partial charge >= 0.3 is 0 Å². The third kappa shape index (κ3) is 2.83. The second kappa shape index (κ2) is 6.33. The van der Waals surface area contributed by atoms with Gasteiger partial charge < -0.3 is 15.0 Å². The van der Waals surface area contributed by atoms with Crippen LogP contribution in [0.1, 0.15) is 27.3 Å². The van der Waals surface area contributed by atoms with E-state index >= 15 is 0 Å². The smallest absolute Gasteiger partial charge is 0.261 e. The molecule has 0 unspecified atom stereocenters. The summed E-state index contributed by atoms with van der Waals surface area (Å²) in [4.78, 5) is 12.7. The predicted octanol–water partition coefficient (Wildman–Crippen LogP) is 2.57. The zero-order valence-corrected chi connectivity index (χ0v) is 13.9. The summed E-state index contributed by atoms with van der Waals surface area (Å²) < 4.78 is 3.70. The third-order valence-corrected chi connectivity index (χ3v) is 4.00. The van der Waals surface area contributed by atoms with Crippen LogP contribution in [0.4, 0.5) is 5.69 Å². The Kier molecular flexibility index (Phi) is 4.22. The lowest BCUT2D eigenvalue weighted by Gasteiger charge is -2.13. The Morgan fingerprint density at radius 2 is 1.92 bits per heavy atom. The minimum Gasteiger partial charge on any atom is -0.392 e. The molecule has 2 aromatic heterocycles. The summed E-state index contributed by atoms with van der Waals surface area (Å²) in [5, 5.41) is 16.3. The summed E-state index contributed by atoms with van der Waals surface area (Å²) in [5.41, 5.74) is 3.95. The van der Waals surface area contributed by atoms with E-state index in [1.165, 1.54) is 0 Å². The summed E-state index contributed by atoms with van der Waals surface area (Å²) in [7, 11) is 1.82. The zero-order valence-electron chi connectivity index (χ0n) is 13.9. The number of aromatic nitrogens is 3. The van der Waals surface area contributed by atoms with Crippen LogP contribution in [0.3, 0.4) is 0 Å². The first-order chi connectivity index (χ1) is 11.5. The van der Waals surface area contributed by atoms with E-state index < -0.39 is 0 Å². The molecule has 0 atom stereocenters. The van der Waals surface area contributed by atoms with Crippen molar-refractivity contribution in [3.8, 4) is 5.82 Å². The van der Waals surface area contributed by atoms with Crippen molar-refractivity contribution in [1.82, 2.24) is 14.3 Å². The van der Waals surface area contributed by atoms with E-state index in [1.807, 2.05) is 37.6 Å². The van der Waals surface area contributed by atoms with Gasteiger partial charge in [0.1, 0.15) is 11.4 Å². The van der Waals surface area contributed by atoms with Gasteiger partial charge in [0.25, 0.3) is 5.91 Å². The number of aliphatic hydroxyl groups excluding tert-OH is 1. The number of aliphatic hydroxyl groups is 1. The molecule has 0 bridgehead atoms. The van der Waals surface area contributed by atoms with Crippen LogP contribution in [0.2, 0.25) is 0 Å². The number of anilines is 1. The van der Waals surface area contributed by atoms with Crippen LogP contribution < -0.4 is 5.32 Å². The maximum absolute atomic E-state index is 12.7. The molecule has 124 valence electrons. The highest BCUT2D eigenvalue weighted by Crippen LogP contribution is 2.21. The first kappa shape index (κ1) is 16.0. The molecule has 0 aliphatic carbocycles. The Morgan fingerprint density at radius 3 is 2.58 bits per heavy atom. The van der Waals surface area contributed by atoms with Crippen LogP contribution in [0, 0.1) is 13.8 Å². The molecule has 2 N–H and O–H groups in total. The van der Waals surface area contributed by atoms with Gasteiger partial charge in [-0.3, -0.25) is 9.48 Å². The number of rotatable bonds is 4. The van der Waals surface area contributed by atoms with Gasteiger partial charge in [-0.25, -0.2) is 0 Å². The highest BCUT2D eigenvalue weighted by molar-refractivity contribution is 6.06. The largest absolute Gasteiger partial charge is 0.392 e. The summed E-state index contributed by atoms with van der Waals surface area (Å²) in [6.45, 7) is 3.92. The molecule has 0 spiro atoms. The highest BCUT2D eigenvalue weighted by atomic mass is 16.3. The van der Waals surface area contributed by atoms with Crippen molar-refractivity contribution in [2.45, 2.75) is 20.5 Å². The quantitative estimate of drug-likeness (QED) is 0.775. The summed E-state index contributed by atoms with van der Waals surface area (Å²) >= 11 is 0. The first-order valence-electron chi connectivity index (χ1n) is 7.69. The van der Waals surface area contributed by atoms with Crippen LogP contribution in [0.5, 0.6) is 0 Å². The van der Waals surface area contributed by atoms with Crippen LogP contribution in [0.15, 0.2) is 42.6 Å². The number of nitrogens with one attached hydrogen (secondary N) is 1. The molecule has 0 saturated heterocycles. The predicted molar refractivity (Wildman–Crippen MR) is 92.3 cm³/mol. The van der Waals surface area contributed by atoms with Crippen molar-refractivity contribution in [3.63, 3.8) is 0 Å². The van der Waals surface area contributed by atoms with Crippen LogP contribution >= 0.6 is 0 Å². The number of aryl methyl sites for hydroxylation is 3. The fourth-order valence-electron chi connectivity index (χ4n) is 2.80. The number of nitrogens with zero attached hydrogens (tertiary/aromatic N) is 3. The molecular weight excluding hydrogens is 304 g/mol. The van der Waals surface area contributed by atoms with Crippen molar-refractivity contribution >= 4 is 11.6 Å². The van der Waals surface area contributed by atoms with Gasteiger partial charge in [-0.1, -0.05) is 12.1 Å². The van der Waals surface area contributed by atoms with Crippen LogP contribution in [0.25, 0.3) is 5.82 Å². The normalized spacial score (nSPS) is 10.8. The molecule has 0 fully saturated rings. The Balaban J connectivity index is 1.97. The van der Waals surface area contributed by atoms with Crippen molar-refractivity contribution in [2.24, 2.45) is 7.05 Å². The minimum atomic E-state index is -0.235. The molecule has 0 saturated carbocycles. The molecule has 3 rings (SSSR count). The molecule has 1 amide bonds. The maximum atomic E-state index is 12.7. The van der Waals surface area contributed by atoms with Gasteiger partial charge in [-0.05, 0) is 43.7 Å². The molecule has 0 aliphatic rings. The van der Waals surface area contributed by atoms with E-state index in [-0.39, 0.29) is 12.5 Å². The van der Waals surface area contributed by atoms with Crippen molar-refractivity contribution in [3.05, 3.63) is 65.1 Å². The van der Waals surface area contributed by atoms with Gasteiger partial charge in [-0.15, -0.1) is 0 Å². The second-order valence-corrected chi connectivity index (χ2v) is 5.77. The van der Waals surface area contributed by atoms with E-state index in [1.54, 1.807) is 35.1 Å². The number of hydrogen-bond donors (Lipinski definition) is 2. The van der Waals surface area contributed by atoms with E-state index in [9.17, 15) is 9.90 Å². The topological polar surface area (TPSA) is 72.1 Å². The SMILES string of the molecule is Cc1ccc(C)n1-c1c(C(=O)Nc2cccc(CO)c2)cnn1C. The van der Waals surface area contributed by atoms with E-state index in [2.05, 4.69) is 10.4 Å². The number of carbonyl (C=O) groups excluding carboxylic acids is 1. The van der Waals surface area contributed by atoms with Gasteiger partial charge in [0.05, 0.1) is 12.8 Å². The minimum absolute atomic E-state index is 0.0659. The van der Waals surface area contributed by atoms with Crippen LogP contribution in [-0.4, -0.2) is 25.4 Å². The lowest BCUT2D eigenvalue weighted by atomic mass is 10.2. The number of amides is 1. The van der Waals surface area contributed by atoms with Gasteiger partial charge in [0.2, 0.25) is 0 Å². The fourth-order valence-corrected chi connectivity index (χ4v) is 2.80. The Hall–Kier alpha value is -2.86. The number of carbonyl (C=O) groups is 1. The average Bonchev–Trinajstić information content (AvgIpc) is 3.10. The van der Waals surface area contributed by atoms with Crippen molar-refractivity contribution in [2.75, 3.05) is 5.32 Å². The van der Waals surface area contributed by atoms with E-state index in [0.717, 1.165) is 22.8 Å². The number of hydrogen-bond acceptors (Lipinski definition) is 3. The Labute approximate surface area is 140 Å². The monoisotopic (exact) mass is 324 g/mol. The molecule has 2 heterocycles. The van der Waals surface area contributed by atoms with Gasteiger partial charge in [0, 0.05) is 24.1 Å². The van der Waals surface area contributed by atoms with E-state index in [0.29, 0.717) is 11.3 Å². The van der Waals surface area contributed by atoms with E-state index in [4.69, 9.17) is 0 Å². The highest BCUT2D eigenvalue weighted by Gasteiger charge is 2.20. The first-order valence-corrected chi connectivity index (χ1v) is 7.69. The third-order valence-electron chi connectivity index (χ3n) is 4.00. The molecule has 0 aliphatic heterocycles.